The first-order valence-electron chi connectivity index (χ1n) is 11.8. The average molecular weight is 500 g/mol. The van der Waals surface area contributed by atoms with Gasteiger partial charge in [0.05, 0.1) is 18.8 Å². The van der Waals surface area contributed by atoms with Crippen LogP contribution in [0.25, 0.3) is 0 Å². The smallest absolute Gasteiger partial charge is 0.226 e. The molecule has 3 aliphatic rings. The van der Waals surface area contributed by atoms with Gasteiger partial charge in [0, 0.05) is 54.3 Å². The van der Waals surface area contributed by atoms with Crippen LogP contribution >= 0.6 is 22.9 Å². The van der Waals surface area contributed by atoms with Crippen LogP contribution in [0.1, 0.15) is 41.5 Å². The minimum absolute atomic E-state index is 0.0231. The van der Waals surface area contributed by atoms with Gasteiger partial charge < -0.3 is 19.9 Å². The average Bonchev–Trinajstić information content (AvgIpc) is 3.32. The van der Waals surface area contributed by atoms with Gasteiger partial charge in [-0.15, -0.1) is 16.4 Å². The van der Waals surface area contributed by atoms with E-state index in [4.69, 9.17) is 16.3 Å². The van der Waals surface area contributed by atoms with Crippen LogP contribution in [0.2, 0.25) is 5.02 Å². The number of hydrogen-bond acceptors (Lipinski definition) is 6. The van der Waals surface area contributed by atoms with Crippen LogP contribution in [-0.2, 0) is 22.4 Å². The van der Waals surface area contributed by atoms with Crippen LogP contribution in [0, 0.1) is 5.92 Å². The first kappa shape index (κ1) is 23.5. The molecule has 180 valence electrons. The van der Waals surface area contributed by atoms with Gasteiger partial charge in [0.2, 0.25) is 5.91 Å². The summed E-state index contributed by atoms with van der Waals surface area (Å²) in [5, 5.41) is 13.6. The molecule has 34 heavy (non-hydrogen) atoms. The molecule has 9 heteroatoms. The Morgan fingerprint density at radius 2 is 2.12 bits per heavy atom. The van der Waals surface area contributed by atoms with Gasteiger partial charge in [0.25, 0.3) is 0 Å². The molecule has 0 saturated carbocycles. The van der Waals surface area contributed by atoms with Crippen molar-refractivity contribution in [2.24, 2.45) is 16.1 Å². The number of hydrogen-bond donors (Lipinski definition) is 1. The SMILES string of the molecule is C=N/N=C(/C)N1CCN[C@@H](c2ccccc2Cl)c2c1sc1c2C[C@H](C(=O)N2CCO[C@@H](C)C2)C1. The van der Waals surface area contributed by atoms with Crippen molar-refractivity contribution in [2.75, 3.05) is 37.7 Å². The molecule has 1 aromatic heterocycles. The number of carbonyl (C=O) groups is 1. The van der Waals surface area contributed by atoms with Crippen molar-refractivity contribution in [2.45, 2.75) is 38.8 Å². The zero-order chi connectivity index (χ0) is 23.8. The molecule has 3 atom stereocenters. The third-order valence-electron chi connectivity index (χ3n) is 6.94. The summed E-state index contributed by atoms with van der Waals surface area (Å²) in [4.78, 5) is 18.9. The molecular formula is C25H30ClN5O2S. The number of halogens is 1. The number of benzene rings is 1. The first-order chi connectivity index (χ1) is 16.5. The molecule has 3 heterocycles. The zero-order valence-corrected chi connectivity index (χ0v) is 21.2. The quantitative estimate of drug-likeness (QED) is 0.395. The van der Waals surface area contributed by atoms with Gasteiger partial charge in [0.15, 0.2) is 0 Å². The fourth-order valence-electron chi connectivity index (χ4n) is 5.36. The van der Waals surface area contributed by atoms with Crippen molar-refractivity contribution < 1.29 is 9.53 Å². The summed E-state index contributed by atoms with van der Waals surface area (Å²) in [6.07, 6.45) is 1.61. The van der Waals surface area contributed by atoms with Gasteiger partial charge >= 0.3 is 0 Å². The topological polar surface area (TPSA) is 69.5 Å². The summed E-state index contributed by atoms with van der Waals surface area (Å²) in [5.41, 5.74) is 3.55. The van der Waals surface area contributed by atoms with Crippen molar-refractivity contribution in [3.8, 4) is 0 Å². The van der Waals surface area contributed by atoms with E-state index in [1.54, 1.807) is 11.3 Å². The molecule has 0 spiro atoms. The molecule has 2 aromatic rings. The van der Waals surface area contributed by atoms with E-state index in [2.05, 4.69) is 33.2 Å². The van der Waals surface area contributed by atoms with Crippen LogP contribution in [-0.4, -0.2) is 62.3 Å². The van der Waals surface area contributed by atoms with E-state index in [0.717, 1.165) is 47.4 Å². The van der Waals surface area contributed by atoms with Gasteiger partial charge in [-0.05, 0) is 43.9 Å². The number of anilines is 1. The number of fused-ring (bicyclic) bond motifs is 3. The lowest BCUT2D eigenvalue weighted by Crippen LogP contribution is -2.47. The second kappa shape index (κ2) is 9.77. The number of rotatable bonds is 3. The maximum atomic E-state index is 13.4. The van der Waals surface area contributed by atoms with Crippen LogP contribution in [0.15, 0.2) is 34.5 Å². The standard InChI is InChI=1S/C25H30ClN5O2S/c1-15-14-30(10-11-33-15)24(32)17-12-19-21(13-17)34-25-22(19)23(18-6-4-5-7-20(18)26)28-8-9-31(25)16(2)29-27-3/h4-7,15,17,23,28H,3,8-14H2,1-2H3/b29-16-/t15-,17-,23-/m0/s1. The van der Waals surface area contributed by atoms with Gasteiger partial charge in [-0.25, -0.2) is 0 Å². The number of morpholine rings is 1. The highest BCUT2D eigenvalue weighted by molar-refractivity contribution is 7.16. The Balaban J connectivity index is 1.53. The fraction of sp³-hybridized carbons (Fsp3) is 0.480. The molecule has 0 radical (unpaired) electrons. The molecule has 1 aromatic carbocycles. The molecule has 1 N–H and O–H groups in total. The Bertz CT molecular complexity index is 1130. The van der Waals surface area contributed by atoms with Crippen molar-refractivity contribution in [3.63, 3.8) is 0 Å². The first-order valence-corrected chi connectivity index (χ1v) is 13.0. The molecule has 1 saturated heterocycles. The lowest BCUT2D eigenvalue weighted by Gasteiger charge is -2.33. The third-order valence-corrected chi connectivity index (χ3v) is 8.57. The van der Waals surface area contributed by atoms with E-state index in [1.165, 1.54) is 16.0 Å². The summed E-state index contributed by atoms with van der Waals surface area (Å²) >= 11 is 8.45. The highest BCUT2D eigenvalue weighted by Gasteiger charge is 2.40. The van der Waals surface area contributed by atoms with Crippen molar-refractivity contribution in [1.29, 1.82) is 0 Å². The molecule has 0 bridgehead atoms. The van der Waals surface area contributed by atoms with Gasteiger partial charge in [-0.3, -0.25) is 4.79 Å². The zero-order valence-electron chi connectivity index (χ0n) is 19.6. The molecule has 1 aliphatic carbocycles. The monoisotopic (exact) mass is 499 g/mol. The van der Waals surface area contributed by atoms with Gasteiger partial charge in [0.1, 0.15) is 10.8 Å². The number of amides is 1. The molecule has 7 nitrogen and oxygen atoms in total. The Morgan fingerprint density at radius 3 is 2.88 bits per heavy atom. The summed E-state index contributed by atoms with van der Waals surface area (Å²) in [5.74, 6) is 1.03. The van der Waals surface area contributed by atoms with Gasteiger partial charge in [-0.2, -0.15) is 5.10 Å². The fourth-order valence-corrected chi connectivity index (χ4v) is 7.12. The van der Waals surface area contributed by atoms with Crippen LogP contribution in [0.5, 0.6) is 0 Å². The predicted octanol–water partition coefficient (Wildman–Crippen LogP) is 3.90. The highest BCUT2D eigenvalue weighted by atomic mass is 35.5. The Kier molecular flexibility index (Phi) is 6.75. The normalized spacial score (nSPS) is 25.0. The second-order valence-corrected chi connectivity index (χ2v) is 10.6. The minimum atomic E-state index is -0.0459. The molecule has 1 fully saturated rings. The number of ether oxygens (including phenoxy) is 1. The molecule has 2 aliphatic heterocycles. The van der Waals surface area contributed by atoms with Crippen molar-refractivity contribution in [3.05, 3.63) is 50.9 Å². The summed E-state index contributed by atoms with van der Waals surface area (Å²) in [6.45, 7) is 11.0. The number of amidine groups is 1. The Morgan fingerprint density at radius 1 is 1.29 bits per heavy atom. The van der Waals surface area contributed by atoms with Gasteiger partial charge in [-0.1, -0.05) is 29.8 Å². The number of thiophene rings is 1. The summed E-state index contributed by atoms with van der Waals surface area (Å²) in [7, 11) is 0. The maximum Gasteiger partial charge on any atom is 0.226 e. The summed E-state index contributed by atoms with van der Waals surface area (Å²) in [6, 6.07) is 7.96. The van der Waals surface area contributed by atoms with E-state index in [9.17, 15) is 4.79 Å². The Hall–Kier alpha value is -2.26. The number of nitrogens with zero attached hydrogens (tertiary/aromatic N) is 4. The van der Waals surface area contributed by atoms with E-state index < -0.39 is 0 Å². The molecule has 5 rings (SSSR count). The number of carbonyl (C=O) groups excluding carboxylic acids is 1. The second-order valence-electron chi connectivity index (χ2n) is 9.14. The minimum Gasteiger partial charge on any atom is -0.375 e. The van der Waals surface area contributed by atoms with Crippen LogP contribution in [0.3, 0.4) is 0 Å². The largest absolute Gasteiger partial charge is 0.375 e. The Labute approximate surface area is 209 Å². The van der Waals surface area contributed by atoms with Crippen molar-refractivity contribution in [1.82, 2.24) is 10.2 Å². The predicted molar refractivity (Wildman–Crippen MR) is 139 cm³/mol. The van der Waals surface area contributed by atoms with E-state index >= 15 is 0 Å². The molecule has 1 amide bonds. The molecular weight excluding hydrogens is 470 g/mol. The highest BCUT2D eigenvalue weighted by Crippen LogP contribution is 2.49. The van der Waals surface area contributed by atoms with Crippen LogP contribution in [0.4, 0.5) is 5.00 Å². The van der Waals surface area contributed by atoms with Crippen LogP contribution < -0.4 is 10.2 Å². The number of nitrogens with one attached hydrogen (secondary N) is 1. The maximum absolute atomic E-state index is 13.4. The lowest BCUT2D eigenvalue weighted by atomic mass is 9.94. The molecule has 0 unspecified atom stereocenters. The lowest BCUT2D eigenvalue weighted by molar-refractivity contribution is -0.142. The van der Waals surface area contributed by atoms with E-state index in [-0.39, 0.29) is 24.0 Å². The third kappa shape index (κ3) is 4.28. The van der Waals surface area contributed by atoms with E-state index in [0.29, 0.717) is 19.7 Å². The van der Waals surface area contributed by atoms with Crippen molar-refractivity contribution >= 4 is 46.4 Å². The van der Waals surface area contributed by atoms with E-state index in [1.807, 2.05) is 36.9 Å². The summed E-state index contributed by atoms with van der Waals surface area (Å²) < 4.78 is 5.64.